The molecule has 0 saturated heterocycles. The smallest absolute Gasteiger partial charge is 0.119 e. The van der Waals surface area contributed by atoms with Gasteiger partial charge in [0.25, 0.3) is 0 Å². The summed E-state index contributed by atoms with van der Waals surface area (Å²) in [7, 11) is 1.65. The van der Waals surface area contributed by atoms with Crippen LogP contribution in [0.25, 0.3) is 0 Å². The quantitative estimate of drug-likeness (QED) is 0.889. The Balaban J connectivity index is 2.07. The zero-order chi connectivity index (χ0) is 14.4. The van der Waals surface area contributed by atoms with Gasteiger partial charge in [-0.05, 0) is 48.1 Å². The van der Waals surface area contributed by atoms with E-state index in [-0.39, 0.29) is 12.5 Å². The average molecular weight is 292 g/mol. The first-order valence-corrected chi connectivity index (χ1v) is 6.93. The Kier molecular flexibility index (Phi) is 5.39. The van der Waals surface area contributed by atoms with Crippen LogP contribution < -0.4 is 4.74 Å². The Bertz CT molecular complexity index is 560. The molecule has 1 heterocycles. The standard InChI is InChI=1S/C16H18ClNO2/c1-20-15-4-2-3-12(9-15)7-13(11-19)8-14-5-6-18-10-16(14)17/h2-6,9-10,13,19H,7-8,11H2,1H3. The summed E-state index contributed by atoms with van der Waals surface area (Å²) in [6, 6.07) is 9.81. The number of hydrogen-bond acceptors (Lipinski definition) is 3. The fraction of sp³-hybridized carbons (Fsp3) is 0.312. The Labute approximate surface area is 124 Å². The van der Waals surface area contributed by atoms with Crippen molar-refractivity contribution in [2.45, 2.75) is 12.8 Å². The lowest BCUT2D eigenvalue weighted by molar-refractivity contribution is 0.225. The molecule has 0 aliphatic heterocycles. The van der Waals surface area contributed by atoms with Crippen LogP contribution >= 0.6 is 11.6 Å². The van der Waals surface area contributed by atoms with Gasteiger partial charge < -0.3 is 9.84 Å². The van der Waals surface area contributed by atoms with Gasteiger partial charge >= 0.3 is 0 Å². The van der Waals surface area contributed by atoms with Crippen LogP contribution in [-0.4, -0.2) is 23.8 Å². The number of rotatable bonds is 6. The van der Waals surface area contributed by atoms with E-state index in [9.17, 15) is 5.11 Å². The fourth-order valence-electron chi connectivity index (χ4n) is 2.21. The third kappa shape index (κ3) is 3.95. The molecule has 1 atom stereocenters. The van der Waals surface area contributed by atoms with Gasteiger partial charge in [-0.25, -0.2) is 0 Å². The molecule has 0 spiro atoms. The van der Waals surface area contributed by atoms with Gasteiger partial charge in [-0.1, -0.05) is 23.7 Å². The third-order valence-electron chi connectivity index (χ3n) is 3.28. The van der Waals surface area contributed by atoms with E-state index in [1.165, 1.54) is 0 Å². The molecule has 0 fully saturated rings. The summed E-state index contributed by atoms with van der Waals surface area (Å²) in [5.41, 5.74) is 2.16. The number of aliphatic hydroxyl groups is 1. The summed E-state index contributed by atoms with van der Waals surface area (Å²) in [6.07, 6.45) is 4.87. The van der Waals surface area contributed by atoms with Crippen LogP contribution in [0.3, 0.4) is 0 Å². The van der Waals surface area contributed by atoms with Crippen molar-refractivity contribution in [3.63, 3.8) is 0 Å². The lowest BCUT2D eigenvalue weighted by Crippen LogP contribution is -2.13. The number of ether oxygens (including phenoxy) is 1. The minimum atomic E-state index is 0.121. The molecular weight excluding hydrogens is 274 g/mol. The van der Waals surface area contributed by atoms with Gasteiger partial charge in [0, 0.05) is 19.0 Å². The van der Waals surface area contributed by atoms with E-state index in [0.29, 0.717) is 5.02 Å². The molecule has 106 valence electrons. The number of aliphatic hydroxyl groups excluding tert-OH is 1. The molecule has 4 heteroatoms. The number of methoxy groups -OCH3 is 1. The van der Waals surface area contributed by atoms with Gasteiger partial charge in [0.2, 0.25) is 0 Å². The molecule has 0 aliphatic carbocycles. The van der Waals surface area contributed by atoms with Gasteiger partial charge in [0.1, 0.15) is 5.75 Å². The molecule has 0 amide bonds. The first kappa shape index (κ1) is 14.8. The van der Waals surface area contributed by atoms with Crippen LogP contribution in [0.5, 0.6) is 5.75 Å². The van der Waals surface area contributed by atoms with Crippen molar-refractivity contribution < 1.29 is 9.84 Å². The first-order valence-electron chi connectivity index (χ1n) is 6.55. The van der Waals surface area contributed by atoms with Crippen molar-refractivity contribution in [1.82, 2.24) is 4.98 Å². The van der Waals surface area contributed by atoms with E-state index in [1.807, 2.05) is 30.3 Å². The van der Waals surface area contributed by atoms with Gasteiger partial charge in [-0.3, -0.25) is 4.98 Å². The van der Waals surface area contributed by atoms with Crippen molar-refractivity contribution in [1.29, 1.82) is 0 Å². The SMILES string of the molecule is COc1cccc(CC(CO)Cc2ccncc2Cl)c1. The number of benzene rings is 1. The molecule has 0 saturated carbocycles. The highest BCUT2D eigenvalue weighted by Gasteiger charge is 2.12. The highest BCUT2D eigenvalue weighted by molar-refractivity contribution is 6.31. The third-order valence-corrected chi connectivity index (χ3v) is 3.62. The summed E-state index contributed by atoms with van der Waals surface area (Å²) in [6.45, 7) is 0.121. The second-order valence-corrected chi connectivity index (χ2v) is 5.18. The van der Waals surface area contributed by atoms with Crippen molar-refractivity contribution in [2.24, 2.45) is 5.92 Å². The lowest BCUT2D eigenvalue weighted by atomic mass is 9.93. The molecular formula is C16H18ClNO2. The van der Waals surface area contributed by atoms with Gasteiger partial charge in [0.15, 0.2) is 0 Å². The number of hydrogen-bond donors (Lipinski definition) is 1. The summed E-state index contributed by atoms with van der Waals surface area (Å²) in [5, 5.41) is 10.2. The van der Waals surface area contributed by atoms with E-state index >= 15 is 0 Å². The predicted molar refractivity (Wildman–Crippen MR) is 80.2 cm³/mol. The maximum Gasteiger partial charge on any atom is 0.119 e. The molecule has 0 aliphatic rings. The van der Waals surface area contributed by atoms with Crippen LogP contribution in [0.15, 0.2) is 42.7 Å². The molecule has 0 radical (unpaired) electrons. The topological polar surface area (TPSA) is 42.4 Å². The number of halogens is 1. The lowest BCUT2D eigenvalue weighted by Gasteiger charge is -2.15. The zero-order valence-electron chi connectivity index (χ0n) is 11.4. The molecule has 0 bridgehead atoms. The monoisotopic (exact) mass is 291 g/mol. The van der Waals surface area contributed by atoms with Gasteiger partial charge in [-0.15, -0.1) is 0 Å². The normalized spacial score (nSPS) is 12.2. The largest absolute Gasteiger partial charge is 0.497 e. The Morgan fingerprint density at radius 3 is 2.85 bits per heavy atom. The molecule has 3 nitrogen and oxygen atoms in total. The molecule has 2 rings (SSSR count). The van der Waals surface area contributed by atoms with Gasteiger partial charge in [0.05, 0.1) is 12.1 Å². The summed E-state index contributed by atoms with van der Waals surface area (Å²) < 4.78 is 5.22. The predicted octanol–water partition coefficient (Wildman–Crippen LogP) is 3.14. The van der Waals surface area contributed by atoms with Crippen LogP contribution in [0.1, 0.15) is 11.1 Å². The van der Waals surface area contributed by atoms with Crippen molar-refractivity contribution >= 4 is 11.6 Å². The zero-order valence-corrected chi connectivity index (χ0v) is 12.2. The highest BCUT2D eigenvalue weighted by atomic mass is 35.5. The first-order chi connectivity index (χ1) is 9.72. The van der Waals surface area contributed by atoms with Crippen LogP contribution in [0, 0.1) is 5.92 Å². The molecule has 1 aromatic carbocycles. The number of nitrogens with zero attached hydrogens (tertiary/aromatic N) is 1. The summed E-state index contributed by atoms with van der Waals surface area (Å²) >= 11 is 6.11. The second-order valence-electron chi connectivity index (χ2n) is 4.78. The van der Waals surface area contributed by atoms with E-state index in [2.05, 4.69) is 4.98 Å². The van der Waals surface area contributed by atoms with Crippen LogP contribution in [0.2, 0.25) is 5.02 Å². The maximum absolute atomic E-state index is 9.58. The van der Waals surface area contributed by atoms with E-state index in [4.69, 9.17) is 16.3 Å². The van der Waals surface area contributed by atoms with Crippen molar-refractivity contribution in [2.75, 3.05) is 13.7 Å². The maximum atomic E-state index is 9.58. The van der Waals surface area contributed by atoms with E-state index in [0.717, 1.165) is 29.7 Å². The number of aromatic nitrogens is 1. The Morgan fingerprint density at radius 1 is 1.30 bits per heavy atom. The number of pyridine rings is 1. The average Bonchev–Trinajstić information content (AvgIpc) is 2.49. The van der Waals surface area contributed by atoms with Crippen molar-refractivity contribution in [3.8, 4) is 5.75 Å². The fourth-order valence-corrected chi connectivity index (χ4v) is 2.41. The van der Waals surface area contributed by atoms with Crippen molar-refractivity contribution in [3.05, 3.63) is 58.9 Å². The van der Waals surface area contributed by atoms with Crippen LogP contribution in [-0.2, 0) is 12.8 Å². The second kappa shape index (κ2) is 7.27. The summed E-state index contributed by atoms with van der Waals surface area (Å²) in [4.78, 5) is 3.97. The van der Waals surface area contributed by atoms with Crippen LogP contribution in [0.4, 0.5) is 0 Å². The minimum absolute atomic E-state index is 0.121. The van der Waals surface area contributed by atoms with E-state index in [1.54, 1.807) is 19.5 Å². The molecule has 20 heavy (non-hydrogen) atoms. The van der Waals surface area contributed by atoms with Gasteiger partial charge in [-0.2, -0.15) is 0 Å². The minimum Gasteiger partial charge on any atom is -0.497 e. The molecule has 2 aromatic rings. The molecule has 1 aromatic heterocycles. The Hall–Kier alpha value is -1.58. The Morgan fingerprint density at radius 2 is 2.15 bits per heavy atom. The highest BCUT2D eigenvalue weighted by Crippen LogP contribution is 2.21. The molecule has 1 N–H and O–H groups in total. The van der Waals surface area contributed by atoms with E-state index < -0.39 is 0 Å². The summed E-state index contributed by atoms with van der Waals surface area (Å²) in [5.74, 6) is 0.961. The molecule has 1 unspecified atom stereocenters.